The van der Waals surface area contributed by atoms with Gasteiger partial charge >= 0.3 is 0 Å². The SMILES string of the molecule is Fc1ccccc1COc1ccc(C=NNc2ccc(Cl)c(Cl)c2)cc1. The third-order valence-corrected chi connectivity index (χ3v) is 4.30. The minimum Gasteiger partial charge on any atom is -0.489 e. The summed E-state index contributed by atoms with van der Waals surface area (Å²) in [5.74, 6) is 0.382. The molecule has 0 radical (unpaired) electrons. The highest BCUT2D eigenvalue weighted by atomic mass is 35.5. The van der Waals surface area contributed by atoms with Crippen LogP contribution in [0.15, 0.2) is 71.8 Å². The first-order chi connectivity index (χ1) is 12.6. The summed E-state index contributed by atoms with van der Waals surface area (Å²) in [6, 6.07) is 19.1. The Bertz CT molecular complexity index is 914. The van der Waals surface area contributed by atoms with Gasteiger partial charge in [0, 0.05) is 5.56 Å². The van der Waals surface area contributed by atoms with Crippen LogP contribution in [0.3, 0.4) is 0 Å². The molecule has 0 aliphatic rings. The highest BCUT2D eigenvalue weighted by Gasteiger charge is 2.02. The van der Waals surface area contributed by atoms with E-state index >= 15 is 0 Å². The second-order valence-electron chi connectivity index (χ2n) is 5.45. The number of halogens is 3. The van der Waals surface area contributed by atoms with E-state index in [2.05, 4.69) is 10.5 Å². The molecule has 0 saturated carbocycles. The van der Waals surface area contributed by atoms with Gasteiger partial charge in [0.2, 0.25) is 0 Å². The Labute approximate surface area is 161 Å². The summed E-state index contributed by atoms with van der Waals surface area (Å²) < 4.78 is 19.2. The smallest absolute Gasteiger partial charge is 0.129 e. The van der Waals surface area contributed by atoms with E-state index in [0.717, 1.165) is 11.3 Å². The third-order valence-electron chi connectivity index (χ3n) is 3.56. The summed E-state index contributed by atoms with van der Waals surface area (Å²) in [5.41, 5.74) is 5.02. The van der Waals surface area contributed by atoms with Crippen LogP contribution in [-0.2, 0) is 6.61 Å². The van der Waals surface area contributed by atoms with Crippen LogP contribution in [0.2, 0.25) is 10.0 Å². The van der Waals surface area contributed by atoms with Gasteiger partial charge in [-0.25, -0.2) is 4.39 Å². The average molecular weight is 389 g/mol. The maximum atomic E-state index is 13.6. The zero-order valence-corrected chi connectivity index (χ0v) is 15.1. The molecule has 0 heterocycles. The van der Waals surface area contributed by atoms with E-state index in [1.54, 1.807) is 54.7 Å². The topological polar surface area (TPSA) is 33.6 Å². The van der Waals surface area contributed by atoms with Crippen molar-refractivity contribution in [3.8, 4) is 5.75 Å². The van der Waals surface area contributed by atoms with E-state index < -0.39 is 0 Å². The van der Waals surface area contributed by atoms with E-state index in [-0.39, 0.29) is 12.4 Å². The van der Waals surface area contributed by atoms with E-state index in [9.17, 15) is 4.39 Å². The molecule has 0 bridgehead atoms. The molecular weight excluding hydrogens is 374 g/mol. The number of hydrogen-bond acceptors (Lipinski definition) is 3. The first-order valence-corrected chi connectivity index (χ1v) is 8.58. The molecule has 26 heavy (non-hydrogen) atoms. The summed E-state index contributed by atoms with van der Waals surface area (Å²) in [5, 5.41) is 5.10. The molecule has 0 unspecified atom stereocenters. The molecule has 0 aliphatic carbocycles. The minimum absolute atomic E-state index is 0.180. The van der Waals surface area contributed by atoms with Gasteiger partial charge in [-0.3, -0.25) is 5.43 Å². The van der Waals surface area contributed by atoms with Crippen molar-refractivity contribution in [2.45, 2.75) is 6.61 Å². The van der Waals surface area contributed by atoms with Gasteiger partial charge in [-0.15, -0.1) is 0 Å². The molecule has 0 amide bonds. The summed E-state index contributed by atoms with van der Waals surface area (Å²) in [7, 11) is 0. The van der Waals surface area contributed by atoms with Crippen molar-refractivity contribution in [3.05, 3.63) is 93.7 Å². The molecule has 1 N–H and O–H groups in total. The molecule has 3 nitrogen and oxygen atoms in total. The van der Waals surface area contributed by atoms with Crippen molar-refractivity contribution in [2.75, 3.05) is 5.43 Å². The summed E-state index contributed by atoms with van der Waals surface area (Å²) in [6.07, 6.45) is 1.67. The van der Waals surface area contributed by atoms with Gasteiger partial charge in [0.05, 0.1) is 21.9 Å². The number of hydrazone groups is 1. The Morgan fingerprint density at radius 3 is 2.46 bits per heavy atom. The average Bonchev–Trinajstić information content (AvgIpc) is 2.65. The van der Waals surface area contributed by atoms with Crippen molar-refractivity contribution in [2.24, 2.45) is 5.10 Å². The highest BCUT2D eigenvalue weighted by Crippen LogP contribution is 2.25. The normalized spacial score (nSPS) is 10.9. The number of hydrogen-bond donors (Lipinski definition) is 1. The quantitative estimate of drug-likeness (QED) is 0.405. The molecule has 3 aromatic carbocycles. The molecule has 0 atom stereocenters. The molecule has 3 aromatic rings. The number of anilines is 1. The van der Waals surface area contributed by atoms with Gasteiger partial charge in [0.15, 0.2) is 0 Å². The number of benzene rings is 3. The number of ether oxygens (including phenoxy) is 1. The maximum absolute atomic E-state index is 13.6. The molecule has 6 heteroatoms. The molecule has 0 spiro atoms. The third kappa shape index (κ3) is 4.97. The van der Waals surface area contributed by atoms with Gasteiger partial charge in [0.25, 0.3) is 0 Å². The lowest BCUT2D eigenvalue weighted by molar-refractivity contribution is 0.300. The van der Waals surface area contributed by atoms with Gasteiger partial charge in [-0.1, -0.05) is 41.4 Å². The molecule has 0 aromatic heterocycles. The fourth-order valence-corrected chi connectivity index (χ4v) is 2.47. The summed E-state index contributed by atoms with van der Waals surface area (Å²) >= 11 is 11.8. The number of nitrogens with zero attached hydrogens (tertiary/aromatic N) is 1. The van der Waals surface area contributed by atoms with Crippen molar-refractivity contribution in [1.29, 1.82) is 0 Å². The second-order valence-corrected chi connectivity index (χ2v) is 6.26. The van der Waals surface area contributed by atoms with E-state index in [0.29, 0.717) is 21.4 Å². The van der Waals surface area contributed by atoms with Crippen LogP contribution >= 0.6 is 23.2 Å². The van der Waals surface area contributed by atoms with Crippen molar-refractivity contribution in [1.82, 2.24) is 0 Å². The van der Waals surface area contributed by atoms with Crippen LogP contribution in [0.1, 0.15) is 11.1 Å². The second kappa shape index (κ2) is 8.70. The number of nitrogens with one attached hydrogen (secondary N) is 1. The molecule has 0 aliphatic heterocycles. The Balaban J connectivity index is 1.55. The molecule has 0 saturated heterocycles. The summed E-state index contributed by atoms with van der Waals surface area (Å²) in [6.45, 7) is 0.180. The fraction of sp³-hybridized carbons (Fsp3) is 0.0500. The first-order valence-electron chi connectivity index (χ1n) is 7.82. The van der Waals surface area contributed by atoms with Crippen LogP contribution in [-0.4, -0.2) is 6.21 Å². The van der Waals surface area contributed by atoms with Crippen molar-refractivity contribution < 1.29 is 9.13 Å². The van der Waals surface area contributed by atoms with Gasteiger partial charge < -0.3 is 4.74 Å². The zero-order chi connectivity index (χ0) is 18.4. The Morgan fingerprint density at radius 1 is 0.962 bits per heavy atom. The van der Waals surface area contributed by atoms with E-state index in [1.165, 1.54) is 6.07 Å². The highest BCUT2D eigenvalue weighted by molar-refractivity contribution is 6.42. The molecular formula is C20H15Cl2FN2O. The first kappa shape index (κ1) is 18.2. The fourth-order valence-electron chi connectivity index (χ4n) is 2.17. The van der Waals surface area contributed by atoms with Crippen molar-refractivity contribution in [3.63, 3.8) is 0 Å². The number of rotatable bonds is 6. The Kier molecular flexibility index (Phi) is 6.10. The Morgan fingerprint density at radius 2 is 1.73 bits per heavy atom. The predicted molar refractivity (Wildman–Crippen MR) is 105 cm³/mol. The lowest BCUT2D eigenvalue weighted by Gasteiger charge is -2.07. The zero-order valence-electron chi connectivity index (χ0n) is 13.6. The van der Waals surface area contributed by atoms with Gasteiger partial charge in [-0.2, -0.15) is 5.10 Å². The van der Waals surface area contributed by atoms with Crippen LogP contribution in [0.4, 0.5) is 10.1 Å². The maximum Gasteiger partial charge on any atom is 0.129 e. The predicted octanol–water partition coefficient (Wildman–Crippen LogP) is 6.16. The largest absolute Gasteiger partial charge is 0.489 e. The van der Waals surface area contributed by atoms with Crippen LogP contribution < -0.4 is 10.2 Å². The van der Waals surface area contributed by atoms with Crippen molar-refractivity contribution >= 4 is 35.1 Å². The monoisotopic (exact) mass is 388 g/mol. The van der Waals surface area contributed by atoms with Gasteiger partial charge in [0.1, 0.15) is 18.2 Å². The summed E-state index contributed by atoms with van der Waals surface area (Å²) in [4.78, 5) is 0. The van der Waals surface area contributed by atoms with Crippen LogP contribution in [0, 0.1) is 5.82 Å². The van der Waals surface area contributed by atoms with Crippen LogP contribution in [0.5, 0.6) is 5.75 Å². The minimum atomic E-state index is -0.273. The van der Waals surface area contributed by atoms with E-state index in [4.69, 9.17) is 27.9 Å². The molecule has 132 valence electrons. The molecule has 3 rings (SSSR count). The Hall–Kier alpha value is -2.56. The van der Waals surface area contributed by atoms with Crippen LogP contribution in [0.25, 0.3) is 0 Å². The molecule has 0 fully saturated rings. The lowest BCUT2D eigenvalue weighted by Crippen LogP contribution is -1.98. The van der Waals surface area contributed by atoms with Gasteiger partial charge in [-0.05, 0) is 54.1 Å². The standard InChI is InChI=1S/C20H15Cl2FN2O/c21-18-10-7-16(11-19(18)22)25-24-12-14-5-8-17(9-6-14)26-13-15-3-1-2-4-20(15)23/h1-12,25H,13H2. The van der Waals surface area contributed by atoms with E-state index in [1.807, 2.05) is 12.1 Å². The lowest BCUT2D eigenvalue weighted by atomic mass is 10.2.